The Kier molecular flexibility index (Phi) is 7.29. The maximum absolute atomic E-state index is 13.1. The van der Waals surface area contributed by atoms with Crippen LogP contribution in [0.25, 0.3) is 0 Å². The van der Waals surface area contributed by atoms with Gasteiger partial charge in [-0.05, 0) is 47.4 Å². The standard InChI is InChI=1S/C23H21F3N2O3S/c24-23(25,26)22-6-2-1-5-19(22)16-32(30,31)28-20-10-7-17(8-11-20)14-21(29)12-9-18-4-3-13-27-15-18/h1-8,10-11,13,15,28H,9,12,14,16H2. The van der Waals surface area contributed by atoms with Crippen molar-refractivity contribution in [2.24, 2.45) is 0 Å². The number of sulfonamides is 1. The number of ketones is 1. The quantitative estimate of drug-likeness (QED) is 0.496. The summed E-state index contributed by atoms with van der Waals surface area (Å²) in [5, 5.41) is 0. The number of hydrogen-bond donors (Lipinski definition) is 1. The Bertz CT molecular complexity index is 1160. The van der Waals surface area contributed by atoms with E-state index in [-0.39, 0.29) is 23.5 Å². The zero-order valence-corrected chi connectivity index (χ0v) is 17.8. The van der Waals surface area contributed by atoms with Gasteiger partial charge < -0.3 is 0 Å². The summed E-state index contributed by atoms with van der Waals surface area (Å²) in [5.74, 6) is -0.775. The minimum atomic E-state index is -4.64. The van der Waals surface area contributed by atoms with E-state index in [4.69, 9.17) is 0 Å². The number of anilines is 1. The molecule has 1 aromatic heterocycles. The molecule has 0 aliphatic heterocycles. The van der Waals surface area contributed by atoms with Crippen molar-refractivity contribution in [2.45, 2.75) is 31.2 Å². The van der Waals surface area contributed by atoms with Crippen LogP contribution in [0.15, 0.2) is 73.1 Å². The number of aromatic nitrogens is 1. The predicted molar refractivity (Wildman–Crippen MR) is 115 cm³/mol. The molecule has 0 bridgehead atoms. The van der Waals surface area contributed by atoms with Crippen molar-refractivity contribution < 1.29 is 26.4 Å². The summed E-state index contributed by atoms with van der Waals surface area (Å²) in [4.78, 5) is 16.2. The topological polar surface area (TPSA) is 76.1 Å². The molecular weight excluding hydrogens is 441 g/mol. The van der Waals surface area contributed by atoms with Crippen molar-refractivity contribution in [2.75, 3.05) is 4.72 Å². The van der Waals surface area contributed by atoms with Crippen LogP contribution in [0.3, 0.4) is 0 Å². The van der Waals surface area contributed by atoms with Crippen LogP contribution in [0.5, 0.6) is 0 Å². The second kappa shape index (κ2) is 9.95. The Morgan fingerprint density at radius 2 is 1.66 bits per heavy atom. The Morgan fingerprint density at radius 1 is 0.938 bits per heavy atom. The fourth-order valence-electron chi connectivity index (χ4n) is 3.18. The highest BCUT2D eigenvalue weighted by atomic mass is 32.2. The van der Waals surface area contributed by atoms with E-state index in [0.717, 1.165) is 17.7 Å². The third kappa shape index (κ3) is 6.91. The predicted octanol–water partition coefficient (Wildman–Crippen LogP) is 4.79. The van der Waals surface area contributed by atoms with Gasteiger partial charge >= 0.3 is 6.18 Å². The molecule has 0 radical (unpaired) electrons. The second-order valence-corrected chi connectivity index (χ2v) is 9.01. The van der Waals surface area contributed by atoms with Crippen LogP contribution in [0.4, 0.5) is 18.9 Å². The molecule has 0 atom stereocenters. The van der Waals surface area contributed by atoms with E-state index in [2.05, 4.69) is 9.71 Å². The summed E-state index contributed by atoms with van der Waals surface area (Å²) in [6.45, 7) is 0. The van der Waals surface area contributed by atoms with Crippen LogP contribution >= 0.6 is 0 Å². The van der Waals surface area contributed by atoms with Crippen molar-refractivity contribution in [3.05, 3.63) is 95.3 Å². The lowest BCUT2D eigenvalue weighted by Crippen LogP contribution is -2.18. The smallest absolute Gasteiger partial charge is 0.299 e. The number of nitrogens with one attached hydrogen (secondary N) is 1. The van der Waals surface area contributed by atoms with E-state index in [1.165, 1.54) is 24.3 Å². The third-order valence-corrected chi connectivity index (χ3v) is 5.95. The summed E-state index contributed by atoms with van der Waals surface area (Å²) >= 11 is 0. The number of halogens is 3. The molecule has 2 aromatic carbocycles. The van der Waals surface area contributed by atoms with E-state index in [9.17, 15) is 26.4 Å². The zero-order valence-electron chi connectivity index (χ0n) is 17.0. The van der Waals surface area contributed by atoms with E-state index >= 15 is 0 Å². The number of nitrogens with zero attached hydrogens (tertiary/aromatic N) is 1. The molecule has 5 nitrogen and oxygen atoms in total. The van der Waals surface area contributed by atoms with Gasteiger partial charge in [0.05, 0.1) is 11.3 Å². The third-order valence-electron chi connectivity index (χ3n) is 4.71. The maximum Gasteiger partial charge on any atom is 0.416 e. The number of hydrogen-bond acceptors (Lipinski definition) is 4. The highest BCUT2D eigenvalue weighted by Gasteiger charge is 2.34. The van der Waals surface area contributed by atoms with Gasteiger partial charge in [-0.1, -0.05) is 36.4 Å². The Labute approximate surface area is 184 Å². The normalized spacial score (nSPS) is 11.8. The molecule has 0 saturated heterocycles. The fraction of sp³-hybridized carbons (Fsp3) is 0.217. The van der Waals surface area contributed by atoms with Crippen molar-refractivity contribution in [1.29, 1.82) is 0 Å². The van der Waals surface area contributed by atoms with E-state index in [1.807, 2.05) is 6.07 Å². The van der Waals surface area contributed by atoms with Gasteiger partial charge in [-0.15, -0.1) is 0 Å². The largest absolute Gasteiger partial charge is 0.416 e. The molecule has 1 heterocycles. The van der Waals surface area contributed by atoms with Crippen LogP contribution in [0, 0.1) is 0 Å². The van der Waals surface area contributed by atoms with E-state index in [0.29, 0.717) is 18.4 Å². The first-order valence-corrected chi connectivity index (χ1v) is 11.4. The first-order valence-electron chi connectivity index (χ1n) is 9.77. The maximum atomic E-state index is 13.1. The number of carbonyl (C=O) groups is 1. The first kappa shape index (κ1) is 23.5. The molecule has 3 rings (SSSR count). The molecule has 0 amide bonds. The highest BCUT2D eigenvalue weighted by Crippen LogP contribution is 2.32. The van der Waals surface area contributed by atoms with E-state index < -0.39 is 27.5 Å². The van der Waals surface area contributed by atoms with Crippen LogP contribution in [-0.4, -0.2) is 19.2 Å². The first-order chi connectivity index (χ1) is 15.1. The minimum Gasteiger partial charge on any atom is -0.299 e. The van der Waals surface area contributed by atoms with Crippen molar-refractivity contribution in [3.8, 4) is 0 Å². The van der Waals surface area contributed by atoms with E-state index in [1.54, 1.807) is 30.6 Å². The van der Waals surface area contributed by atoms with Gasteiger partial charge in [0.2, 0.25) is 10.0 Å². The van der Waals surface area contributed by atoms with Crippen molar-refractivity contribution in [1.82, 2.24) is 4.98 Å². The summed E-state index contributed by atoms with van der Waals surface area (Å²) < 4.78 is 66.4. The van der Waals surface area contributed by atoms with Crippen molar-refractivity contribution >= 4 is 21.5 Å². The van der Waals surface area contributed by atoms with Gasteiger partial charge in [-0.2, -0.15) is 13.2 Å². The molecule has 32 heavy (non-hydrogen) atoms. The van der Waals surface area contributed by atoms with Gasteiger partial charge in [-0.25, -0.2) is 8.42 Å². The number of pyridine rings is 1. The molecule has 168 valence electrons. The Balaban J connectivity index is 1.58. The lowest BCUT2D eigenvalue weighted by Gasteiger charge is -2.14. The van der Waals surface area contributed by atoms with Gasteiger partial charge in [-0.3, -0.25) is 14.5 Å². The summed E-state index contributed by atoms with van der Waals surface area (Å²) in [7, 11) is -4.07. The fourth-order valence-corrected chi connectivity index (χ4v) is 4.41. The molecule has 0 aliphatic rings. The average molecular weight is 462 g/mol. The Hall–Kier alpha value is -3.20. The lowest BCUT2D eigenvalue weighted by atomic mass is 10.0. The molecular formula is C23H21F3N2O3S. The zero-order chi connectivity index (χ0) is 23.2. The van der Waals surface area contributed by atoms with Gasteiger partial charge in [0.25, 0.3) is 0 Å². The lowest BCUT2D eigenvalue weighted by molar-refractivity contribution is -0.138. The van der Waals surface area contributed by atoms with Gasteiger partial charge in [0.1, 0.15) is 5.78 Å². The monoisotopic (exact) mass is 462 g/mol. The number of Topliss-reactive ketones (excluding diaryl/α,β-unsaturated/α-hetero) is 1. The molecule has 0 saturated carbocycles. The summed E-state index contributed by atoms with van der Waals surface area (Å²) in [6.07, 6.45) is -0.121. The van der Waals surface area contributed by atoms with Crippen LogP contribution in [0.2, 0.25) is 0 Å². The van der Waals surface area contributed by atoms with Gasteiger partial charge in [0, 0.05) is 30.9 Å². The SMILES string of the molecule is O=C(CCc1cccnc1)Cc1ccc(NS(=O)(=O)Cc2ccccc2C(F)(F)F)cc1. The number of benzene rings is 2. The molecule has 1 N–H and O–H groups in total. The highest BCUT2D eigenvalue weighted by molar-refractivity contribution is 7.91. The molecule has 0 unspecified atom stereocenters. The number of alkyl halides is 3. The number of rotatable bonds is 9. The van der Waals surface area contributed by atoms with Gasteiger partial charge in [0.15, 0.2) is 0 Å². The molecule has 0 spiro atoms. The number of aryl methyl sites for hydroxylation is 1. The van der Waals surface area contributed by atoms with Crippen LogP contribution in [0.1, 0.15) is 28.7 Å². The van der Waals surface area contributed by atoms with Crippen molar-refractivity contribution in [3.63, 3.8) is 0 Å². The average Bonchev–Trinajstić information content (AvgIpc) is 2.73. The molecule has 0 aliphatic carbocycles. The molecule has 9 heteroatoms. The summed E-state index contributed by atoms with van der Waals surface area (Å²) in [5.41, 5.74) is 0.583. The Morgan fingerprint density at radius 3 is 2.31 bits per heavy atom. The van der Waals surface area contributed by atoms with Crippen LogP contribution < -0.4 is 4.72 Å². The molecule has 0 fully saturated rings. The second-order valence-electron chi connectivity index (χ2n) is 7.29. The van der Waals surface area contributed by atoms with Crippen LogP contribution in [-0.2, 0) is 39.6 Å². The molecule has 3 aromatic rings. The minimum absolute atomic E-state index is 0.0333. The number of carbonyl (C=O) groups excluding carboxylic acids is 1. The summed E-state index contributed by atoms with van der Waals surface area (Å²) in [6, 6.07) is 14.5.